The maximum Gasteiger partial charge on any atom is 0.115 e. The Morgan fingerprint density at radius 3 is 2.24 bits per heavy atom. The number of phenols is 1. The van der Waals surface area contributed by atoms with Crippen LogP contribution >= 0.6 is 0 Å². The topological polar surface area (TPSA) is 23.5 Å². The van der Waals surface area contributed by atoms with Gasteiger partial charge in [0.25, 0.3) is 0 Å². The first-order valence-electron chi connectivity index (χ1n) is 6.77. The third-order valence-corrected chi connectivity index (χ3v) is 3.73. The maximum atomic E-state index is 9.27. The molecule has 17 heavy (non-hydrogen) atoms. The van der Waals surface area contributed by atoms with Gasteiger partial charge in [-0.1, -0.05) is 25.0 Å². The summed E-state index contributed by atoms with van der Waals surface area (Å²) in [7, 11) is 0. The average molecular weight is 233 g/mol. The summed E-state index contributed by atoms with van der Waals surface area (Å²) in [4.78, 5) is 2.61. The van der Waals surface area contributed by atoms with Gasteiger partial charge in [0.05, 0.1) is 0 Å². The van der Waals surface area contributed by atoms with Crippen LogP contribution in [0.15, 0.2) is 24.3 Å². The molecule has 1 aliphatic rings. The van der Waals surface area contributed by atoms with Gasteiger partial charge in [-0.2, -0.15) is 0 Å². The highest BCUT2D eigenvalue weighted by molar-refractivity contribution is 5.26. The van der Waals surface area contributed by atoms with Gasteiger partial charge in [-0.15, -0.1) is 0 Å². The SMILES string of the molecule is CC(Cc1ccc(O)cc1)N1CCCCCC1. The van der Waals surface area contributed by atoms with E-state index in [2.05, 4.69) is 11.8 Å². The molecule has 2 heteroatoms. The van der Waals surface area contributed by atoms with Crippen LogP contribution in [0.2, 0.25) is 0 Å². The Morgan fingerprint density at radius 2 is 1.65 bits per heavy atom. The minimum Gasteiger partial charge on any atom is -0.508 e. The molecule has 1 heterocycles. The Hall–Kier alpha value is -1.02. The third-order valence-electron chi connectivity index (χ3n) is 3.73. The summed E-state index contributed by atoms with van der Waals surface area (Å²) in [6, 6.07) is 8.24. The number of nitrogens with zero attached hydrogens (tertiary/aromatic N) is 1. The second-order valence-corrected chi connectivity index (χ2v) is 5.17. The van der Waals surface area contributed by atoms with Crippen molar-refractivity contribution in [1.82, 2.24) is 4.90 Å². The van der Waals surface area contributed by atoms with Crippen molar-refractivity contribution in [3.63, 3.8) is 0 Å². The number of hydrogen-bond acceptors (Lipinski definition) is 2. The van der Waals surface area contributed by atoms with E-state index >= 15 is 0 Å². The van der Waals surface area contributed by atoms with E-state index in [1.165, 1.54) is 44.3 Å². The standard InChI is InChI=1S/C15H23NO/c1-13(16-10-4-2-3-5-11-16)12-14-6-8-15(17)9-7-14/h6-9,13,17H,2-5,10-12H2,1H3. The first-order chi connectivity index (χ1) is 8.25. The number of benzene rings is 1. The van der Waals surface area contributed by atoms with E-state index in [1.807, 2.05) is 12.1 Å². The Balaban J connectivity index is 1.90. The highest BCUT2D eigenvalue weighted by Crippen LogP contribution is 2.17. The lowest BCUT2D eigenvalue weighted by atomic mass is 10.1. The van der Waals surface area contributed by atoms with Crippen LogP contribution in [0.3, 0.4) is 0 Å². The largest absolute Gasteiger partial charge is 0.508 e. The molecule has 0 amide bonds. The van der Waals surface area contributed by atoms with Crippen LogP contribution < -0.4 is 0 Å². The zero-order valence-corrected chi connectivity index (χ0v) is 10.7. The monoisotopic (exact) mass is 233 g/mol. The smallest absolute Gasteiger partial charge is 0.115 e. The molecule has 1 saturated heterocycles. The number of aromatic hydroxyl groups is 1. The molecule has 1 N–H and O–H groups in total. The molecule has 0 spiro atoms. The second-order valence-electron chi connectivity index (χ2n) is 5.17. The van der Waals surface area contributed by atoms with Crippen molar-refractivity contribution < 1.29 is 5.11 Å². The van der Waals surface area contributed by atoms with E-state index in [1.54, 1.807) is 12.1 Å². The summed E-state index contributed by atoms with van der Waals surface area (Å²) in [6.07, 6.45) is 6.56. The normalized spacial score (nSPS) is 19.8. The fourth-order valence-corrected chi connectivity index (χ4v) is 2.64. The van der Waals surface area contributed by atoms with Crippen LogP contribution in [-0.2, 0) is 6.42 Å². The molecule has 0 saturated carbocycles. The van der Waals surface area contributed by atoms with E-state index in [4.69, 9.17) is 0 Å². The van der Waals surface area contributed by atoms with Crippen molar-refractivity contribution in [3.8, 4) is 5.75 Å². The zero-order chi connectivity index (χ0) is 12.1. The summed E-state index contributed by atoms with van der Waals surface area (Å²) in [6.45, 7) is 4.82. The van der Waals surface area contributed by atoms with Crippen molar-refractivity contribution >= 4 is 0 Å². The highest BCUT2D eigenvalue weighted by Gasteiger charge is 2.15. The highest BCUT2D eigenvalue weighted by atomic mass is 16.3. The lowest BCUT2D eigenvalue weighted by Crippen LogP contribution is -2.35. The first kappa shape index (κ1) is 12.4. The molecule has 1 aromatic carbocycles. The molecule has 1 aliphatic heterocycles. The summed E-state index contributed by atoms with van der Waals surface area (Å²) < 4.78 is 0. The number of rotatable bonds is 3. The van der Waals surface area contributed by atoms with Crippen LogP contribution in [0.5, 0.6) is 5.75 Å². The van der Waals surface area contributed by atoms with E-state index in [0.717, 1.165) is 6.42 Å². The minimum atomic E-state index is 0.358. The molecule has 1 fully saturated rings. The van der Waals surface area contributed by atoms with Gasteiger partial charge in [0, 0.05) is 6.04 Å². The van der Waals surface area contributed by atoms with Crippen molar-refractivity contribution in [2.75, 3.05) is 13.1 Å². The minimum absolute atomic E-state index is 0.358. The molecule has 0 aliphatic carbocycles. The average Bonchev–Trinajstić information content (AvgIpc) is 2.61. The Morgan fingerprint density at radius 1 is 1.06 bits per heavy atom. The molecule has 94 valence electrons. The molecule has 1 unspecified atom stereocenters. The van der Waals surface area contributed by atoms with Crippen molar-refractivity contribution in [3.05, 3.63) is 29.8 Å². The predicted molar refractivity (Wildman–Crippen MR) is 71.3 cm³/mol. The first-order valence-corrected chi connectivity index (χ1v) is 6.77. The van der Waals surface area contributed by atoms with Gasteiger partial charge in [-0.3, -0.25) is 0 Å². The summed E-state index contributed by atoms with van der Waals surface area (Å²) in [5, 5.41) is 9.27. The Kier molecular flexibility index (Phi) is 4.43. The van der Waals surface area contributed by atoms with Gasteiger partial charge in [-0.25, -0.2) is 0 Å². The molecule has 2 rings (SSSR count). The van der Waals surface area contributed by atoms with E-state index in [-0.39, 0.29) is 0 Å². The summed E-state index contributed by atoms with van der Waals surface area (Å²) >= 11 is 0. The van der Waals surface area contributed by atoms with Gasteiger partial charge >= 0.3 is 0 Å². The fraction of sp³-hybridized carbons (Fsp3) is 0.600. The lowest BCUT2D eigenvalue weighted by Gasteiger charge is -2.27. The van der Waals surface area contributed by atoms with Crippen molar-refractivity contribution in [2.24, 2.45) is 0 Å². The number of phenolic OH excluding ortho intramolecular Hbond substituents is 1. The molecular formula is C15H23NO. The summed E-state index contributed by atoms with van der Waals surface area (Å²) in [5.41, 5.74) is 1.32. The molecule has 1 atom stereocenters. The van der Waals surface area contributed by atoms with E-state index in [0.29, 0.717) is 11.8 Å². The summed E-state index contributed by atoms with van der Waals surface area (Å²) in [5.74, 6) is 0.358. The van der Waals surface area contributed by atoms with Crippen LogP contribution in [0.25, 0.3) is 0 Å². The number of likely N-dealkylation sites (tertiary alicyclic amines) is 1. The molecule has 0 radical (unpaired) electrons. The second kappa shape index (κ2) is 6.06. The molecular weight excluding hydrogens is 210 g/mol. The molecule has 0 aromatic heterocycles. The van der Waals surface area contributed by atoms with Gasteiger partial charge in [0.2, 0.25) is 0 Å². The molecule has 1 aromatic rings. The number of hydrogen-bond donors (Lipinski definition) is 1. The fourth-order valence-electron chi connectivity index (χ4n) is 2.64. The quantitative estimate of drug-likeness (QED) is 0.866. The maximum absolute atomic E-state index is 9.27. The zero-order valence-electron chi connectivity index (χ0n) is 10.7. The van der Waals surface area contributed by atoms with E-state index in [9.17, 15) is 5.11 Å². The van der Waals surface area contributed by atoms with Gasteiger partial charge in [0.1, 0.15) is 5.75 Å². The van der Waals surface area contributed by atoms with Crippen LogP contribution in [0.4, 0.5) is 0 Å². The van der Waals surface area contributed by atoms with Gasteiger partial charge in [0.15, 0.2) is 0 Å². The third kappa shape index (κ3) is 3.74. The van der Waals surface area contributed by atoms with Crippen molar-refractivity contribution in [1.29, 1.82) is 0 Å². The van der Waals surface area contributed by atoms with E-state index < -0.39 is 0 Å². The van der Waals surface area contributed by atoms with Crippen molar-refractivity contribution in [2.45, 2.75) is 45.1 Å². The Labute approximate surface area is 104 Å². The van der Waals surface area contributed by atoms with Crippen LogP contribution in [0.1, 0.15) is 38.2 Å². The predicted octanol–water partition coefficient (Wildman–Crippen LogP) is 3.20. The van der Waals surface area contributed by atoms with Gasteiger partial charge < -0.3 is 10.0 Å². The Bertz CT molecular complexity index is 325. The molecule has 0 bridgehead atoms. The van der Waals surface area contributed by atoms with Crippen LogP contribution in [0, 0.1) is 0 Å². The van der Waals surface area contributed by atoms with Gasteiger partial charge in [-0.05, 0) is 57.0 Å². The molecule has 2 nitrogen and oxygen atoms in total. The lowest BCUT2D eigenvalue weighted by molar-refractivity contribution is 0.216. The van der Waals surface area contributed by atoms with Crippen LogP contribution in [-0.4, -0.2) is 29.1 Å².